The number of carbonyl (C=O) groups excluding carboxylic acids is 3. The van der Waals surface area contributed by atoms with Crippen LogP contribution in [-0.4, -0.2) is 30.9 Å². The molecule has 0 bridgehead atoms. The van der Waals surface area contributed by atoms with Gasteiger partial charge in [0, 0.05) is 0 Å². The van der Waals surface area contributed by atoms with Crippen molar-refractivity contribution >= 4 is 29.1 Å². The minimum Gasteiger partial charge on any atom is -0.462 e. The summed E-state index contributed by atoms with van der Waals surface area (Å²) in [6.45, 7) is 3.71. The van der Waals surface area contributed by atoms with Gasteiger partial charge in [-0.3, -0.25) is 4.79 Å². The molecule has 0 aliphatic heterocycles. The first-order valence-electron chi connectivity index (χ1n) is 5.08. The van der Waals surface area contributed by atoms with E-state index < -0.39 is 17.7 Å². The average molecular weight is 256 g/mol. The minimum absolute atomic E-state index is 0.140. The van der Waals surface area contributed by atoms with E-state index in [-0.39, 0.29) is 18.1 Å². The van der Waals surface area contributed by atoms with Crippen LogP contribution in [0.2, 0.25) is 0 Å². The van der Waals surface area contributed by atoms with Crippen LogP contribution in [-0.2, 0) is 14.3 Å². The van der Waals surface area contributed by atoms with Gasteiger partial charge in [0.1, 0.15) is 4.88 Å². The molecule has 0 saturated carbocycles. The maximum Gasteiger partial charge on any atom is 0.380 e. The van der Waals surface area contributed by atoms with Gasteiger partial charge in [0.05, 0.1) is 18.1 Å². The Morgan fingerprint density at radius 3 is 2.24 bits per heavy atom. The molecule has 0 unspecified atom stereocenters. The van der Waals surface area contributed by atoms with Crippen LogP contribution in [0.4, 0.5) is 0 Å². The van der Waals surface area contributed by atoms with E-state index in [9.17, 15) is 14.4 Å². The van der Waals surface area contributed by atoms with Crippen molar-refractivity contribution in [2.75, 3.05) is 13.2 Å². The Morgan fingerprint density at radius 2 is 1.65 bits per heavy atom. The molecule has 1 aromatic rings. The molecular weight excluding hydrogens is 244 g/mol. The predicted molar refractivity (Wildman–Crippen MR) is 61.2 cm³/mol. The molecule has 0 aromatic carbocycles. The van der Waals surface area contributed by atoms with Crippen molar-refractivity contribution in [3.8, 4) is 0 Å². The maximum absolute atomic E-state index is 11.5. The molecule has 0 spiro atoms. The Morgan fingerprint density at radius 1 is 1.06 bits per heavy atom. The number of Topliss-reactive ketones (excluding diaryl/α,β-unsaturated/α-hetero) is 1. The SMILES string of the molecule is CCOC(=O)C(=O)c1ccc(C(=O)OCC)s1. The van der Waals surface area contributed by atoms with Crippen LogP contribution in [0.15, 0.2) is 12.1 Å². The molecule has 1 aromatic heterocycles. The van der Waals surface area contributed by atoms with Crippen molar-refractivity contribution in [2.24, 2.45) is 0 Å². The van der Waals surface area contributed by atoms with E-state index in [0.717, 1.165) is 11.3 Å². The third-order valence-corrected chi connectivity index (χ3v) is 2.83. The van der Waals surface area contributed by atoms with Crippen molar-refractivity contribution in [3.63, 3.8) is 0 Å². The lowest BCUT2D eigenvalue weighted by molar-refractivity contribution is -0.137. The quantitative estimate of drug-likeness (QED) is 0.455. The lowest BCUT2D eigenvalue weighted by atomic mass is 10.3. The van der Waals surface area contributed by atoms with Crippen LogP contribution < -0.4 is 0 Å². The summed E-state index contributed by atoms with van der Waals surface area (Å²) in [5, 5.41) is 0. The first kappa shape index (κ1) is 13.4. The van der Waals surface area contributed by atoms with E-state index in [1.807, 2.05) is 0 Å². The van der Waals surface area contributed by atoms with Gasteiger partial charge in [-0.1, -0.05) is 0 Å². The molecule has 0 radical (unpaired) electrons. The van der Waals surface area contributed by atoms with E-state index >= 15 is 0 Å². The highest BCUT2D eigenvalue weighted by atomic mass is 32.1. The zero-order valence-electron chi connectivity index (χ0n) is 9.52. The molecule has 1 rings (SSSR count). The third-order valence-electron chi connectivity index (χ3n) is 1.77. The van der Waals surface area contributed by atoms with E-state index in [1.54, 1.807) is 13.8 Å². The second-order valence-electron chi connectivity index (χ2n) is 2.93. The second kappa shape index (κ2) is 6.15. The first-order chi connectivity index (χ1) is 8.10. The largest absolute Gasteiger partial charge is 0.462 e. The smallest absolute Gasteiger partial charge is 0.380 e. The predicted octanol–water partition coefficient (Wildman–Crippen LogP) is 1.67. The number of esters is 2. The van der Waals surface area contributed by atoms with Crippen LogP contribution in [0.25, 0.3) is 0 Å². The number of hydrogen-bond donors (Lipinski definition) is 0. The highest BCUT2D eigenvalue weighted by molar-refractivity contribution is 7.16. The van der Waals surface area contributed by atoms with Crippen molar-refractivity contribution in [1.82, 2.24) is 0 Å². The Labute approximate surface area is 102 Å². The molecule has 0 atom stereocenters. The number of rotatable bonds is 5. The van der Waals surface area contributed by atoms with Crippen LogP contribution in [0.3, 0.4) is 0 Å². The van der Waals surface area contributed by atoms with Crippen molar-refractivity contribution in [2.45, 2.75) is 13.8 Å². The van der Waals surface area contributed by atoms with E-state index in [1.165, 1.54) is 12.1 Å². The van der Waals surface area contributed by atoms with Gasteiger partial charge < -0.3 is 9.47 Å². The summed E-state index contributed by atoms with van der Waals surface area (Å²) >= 11 is 0.918. The Bertz CT molecular complexity index is 435. The number of hydrogen-bond acceptors (Lipinski definition) is 6. The van der Waals surface area contributed by atoms with Gasteiger partial charge in [0.2, 0.25) is 0 Å². The van der Waals surface area contributed by atoms with Gasteiger partial charge in [0.15, 0.2) is 0 Å². The summed E-state index contributed by atoms with van der Waals surface area (Å²) in [7, 11) is 0. The van der Waals surface area contributed by atoms with E-state index in [4.69, 9.17) is 4.74 Å². The summed E-state index contributed by atoms with van der Waals surface area (Å²) in [5.74, 6) is -2.16. The van der Waals surface area contributed by atoms with Gasteiger partial charge in [-0.25, -0.2) is 9.59 Å². The summed E-state index contributed by atoms with van der Waals surface area (Å²) < 4.78 is 9.35. The third kappa shape index (κ3) is 3.39. The Hall–Kier alpha value is -1.69. The molecule has 0 aliphatic rings. The molecule has 5 nitrogen and oxygen atoms in total. The summed E-state index contributed by atoms with van der Waals surface area (Å²) in [6.07, 6.45) is 0. The molecule has 6 heteroatoms. The van der Waals surface area contributed by atoms with Crippen LogP contribution in [0.1, 0.15) is 33.2 Å². The second-order valence-corrected chi connectivity index (χ2v) is 4.02. The number of ether oxygens (including phenoxy) is 2. The van der Waals surface area contributed by atoms with Gasteiger partial charge in [-0.05, 0) is 26.0 Å². The van der Waals surface area contributed by atoms with Crippen molar-refractivity contribution in [3.05, 3.63) is 21.9 Å². The van der Waals surface area contributed by atoms with E-state index in [2.05, 4.69) is 4.74 Å². The van der Waals surface area contributed by atoms with Gasteiger partial charge in [0.25, 0.3) is 5.78 Å². The number of ketones is 1. The number of carbonyl (C=O) groups is 3. The van der Waals surface area contributed by atoms with Crippen LogP contribution in [0.5, 0.6) is 0 Å². The normalized spacial score (nSPS) is 9.76. The molecule has 92 valence electrons. The number of thiophene rings is 1. The van der Waals surface area contributed by atoms with Crippen molar-refractivity contribution in [1.29, 1.82) is 0 Å². The molecular formula is C11H12O5S. The first-order valence-corrected chi connectivity index (χ1v) is 5.90. The lowest BCUT2D eigenvalue weighted by Crippen LogP contribution is -2.16. The summed E-state index contributed by atoms with van der Waals surface area (Å²) in [4.78, 5) is 34.5. The molecule has 17 heavy (non-hydrogen) atoms. The lowest BCUT2D eigenvalue weighted by Gasteiger charge is -1.98. The van der Waals surface area contributed by atoms with Gasteiger partial charge >= 0.3 is 11.9 Å². The highest BCUT2D eigenvalue weighted by Gasteiger charge is 2.21. The average Bonchev–Trinajstić information content (AvgIpc) is 2.78. The topological polar surface area (TPSA) is 69.7 Å². The fraction of sp³-hybridized carbons (Fsp3) is 0.364. The summed E-state index contributed by atoms with van der Waals surface area (Å²) in [5.41, 5.74) is 0. The zero-order chi connectivity index (χ0) is 12.8. The Kier molecular flexibility index (Phi) is 4.84. The van der Waals surface area contributed by atoms with Gasteiger partial charge in [-0.2, -0.15) is 0 Å². The highest BCUT2D eigenvalue weighted by Crippen LogP contribution is 2.18. The molecule has 0 aliphatic carbocycles. The fourth-order valence-corrected chi connectivity index (χ4v) is 1.90. The minimum atomic E-state index is -0.912. The molecule has 1 heterocycles. The fourth-order valence-electron chi connectivity index (χ4n) is 1.07. The van der Waals surface area contributed by atoms with Crippen molar-refractivity contribution < 1.29 is 23.9 Å². The molecule has 0 fully saturated rings. The molecule has 0 amide bonds. The monoisotopic (exact) mass is 256 g/mol. The maximum atomic E-state index is 11.5. The molecule has 0 saturated heterocycles. The standard InChI is InChI=1S/C11H12O5S/c1-3-15-10(13)8-6-5-7(17-8)9(12)11(14)16-4-2/h5-6H,3-4H2,1-2H3. The Balaban J connectivity index is 2.77. The van der Waals surface area contributed by atoms with Gasteiger partial charge in [-0.15, -0.1) is 11.3 Å². The molecule has 0 N–H and O–H groups in total. The van der Waals surface area contributed by atoms with Crippen LogP contribution >= 0.6 is 11.3 Å². The van der Waals surface area contributed by atoms with Crippen LogP contribution in [0, 0.1) is 0 Å². The van der Waals surface area contributed by atoms with E-state index in [0.29, 0.717) is 4.88 Å². The summed E-state index contributed by atoms with van der Waals surface area (Å²) in [6, 6.07) is 2.87. The zero-order valence-corrected chi connectivity index (χ0v) is 10.3.